The van der Waals surface area contributed by atoms with Gasteiger partial charge in [-0.25, -0.2) is 4.79 Å². The molecule has 2 rings (SSSR count). The molecule has 17 heavy (non-hydrogen) atoms. The Bertz CT molecular complexity index is 442. The second kappa shape index (κ2) is 4.40. The maximum Gasteiger partial charge on any atom is 0.335 e. The zero-order chi connectivity index (χ0) is 12.6. The van der Waals surface area contributed by atoms with Crippen molar-refractivity contribution in [3.63, 3.8) is 0 Å². The Labute approximate surface area is 102 Å². The minimum atomic E-state index is -0.850. The fraction of sp³-hybridized carbons (Fsp3) is 0.500. The van der Waals surface area contributed by atoms with Crippen molar-refractivity contribution in [1.29, 1.82) is 0 Å². The summed E-state index contributed by atoms with van der Waals surface area (Å²) in [6.45, 7) is 7.41. The maximum atomic E-state index is 11.0. The molecule has 3 heteroatoms. The van der Waals surface area contributed by atoms with Crippen molar-refractivity contribution in [1.82, 2.24) is 0 Å². The Balaban J connectivity index is 2.29. The molecule has 0 aromatic heterocycles. The molecule has 3 nitrogen and oxygen atoms in total. The number of carbonyl (C=O) groups is 1. The topological polar surface area (TPSA) is 40.5 Å². The summed E-state index contributed by atoms with van der Waals surface area (Å²) in [6.07, 6.45) is 1.21. The molecule has 1 N–H and O–H groups in total. The zero-order valence-corrected chi connectivity index (χ0v) is 10.6. The van der Waals surface area contributed by atoms with Crippen LogP contribution < -0.4 is 4.90 Å². The van der Waals surface area contributed by atoms with E-state index in [0.29, 0.717) is 17.5 Å². The number of hydrogen-bond donors (Lipinski definition) is 1. The van der Waals surface area contributed by atoms with Gasteiger partial charge in [0.05, 0.1) is 5.56 Å². The molecule has 0 bridgehead atoms. The molecule has 0 aliphatic carbocycles. The van der Waals surface area contributed by atoms with E-state index in [4.69, 9.17) is 5.11 Å². The predicted octanol–water partition coefficient (Wildman–Crippen LogP) is 2.93. The van der Waals surface area contributed by atoms with Gasteiger partial charge in [0, 0.05) is 18.3 Å². The number of carboxylic acid groups (broad SMARTS) is 1. The van der Waals surface area contributed by atoms with Crippen molar-refractivity contribution in [3.8, 4) is 0 Å². The highest BCUT2D eigenvalue weighted by molar-refractivity contribution is 5.89. The fourth-order valence-electron chi connectivity index (χ4n) is 2.73. The molecule has 1 saturated heterocycles. The highest BCUT2D eigenvalue weighted by Crippen LogP contribution is 2.29. The zero-order valence-electron chi connectivity index (χ0n) is 10.6. The van der Waals surface area contributed by atoms with Gasteiger partial charge in [0.2, 0.25) is 0 Å². The van der Waals surface area contributed by atoms with E-state index in [2.05, 4.69) is 18.7 Å². The van der Waals surface area contributed by atoms with Crippen LogP contribution in [0.5, 0.6) is 0 Å². The van der Waals surface area contributed by atoms with Gasteiger partial charge in [0.1, 0.15) is 0 Å². The van der Waals surface area contributed by atoms with E-state index in [0.717, 1.165) is 17.8 Å². The summed E-state index contributed by atoms with van der Waals surface area (Å²) in [5, 5.41) is 9.00. The van der Waals surface area contributed by atoms with Gasteiger partial charge in [-0.05, 0) is 49.9 Å². The summed E-state index contributed by atoms with van der Waals surface area (Å²) in [4.78, 5) is 13.3. The van der Waals surface area contributed by atoms with Crippen LogP contribution in [0, 0.1) is 12.8 Å². The van der Waals surface area contributed by atoms with E-state index in [1.807, 2.05) is 19.1 Å². The molecule has 92 valence electrons. The molecule has 0 radical (unpaired) electrons. The van der Waals surface area contributed by atoms with Crippen molar-refractivity contribution >= 4 is 11.7 Å². The molecule has 1 heterocycles. The van der Waals surface area contributed by atoms with Gasteiger partial charge < -0.3 is 10.0 Å². The third kappa shape index (κ3) is 2.28. The summed E-state index contributed by atoms with van der Waals surface area (Å²) < 4.78 is 0. The first-order valence-electron chi connectivity index (χ1n) is 6.09. The Hall–Kier alpha value is -1.51. The lowest BCUT2D eigenvalue weighted by molar-refractivity contribution is 0.0696. The van der Waals surface area contributed by atoms with E-state index in [-0.39, 0.29) is 0 Å². The molecule has 0 amide bonds. The molecule has 0 saturated carbocycles. The Kier molecular flexibility index (Phi) is 3.09. The highest BCUT2D eigenvalue weighted by Gasteiger charge is 2.26. The van der Waals surface area contributed by atoms with Gasteiger partial charge >= 0.3 is 5.97 Å². The lowest BCUT2D eigenvalue weighted by Crippen LogP contribution is -2.26. The molecule has 2 unspecified atom stereocenters. The Morgan fingerprint density at radius 3 is 2.59 bits per heavy atom. The van der Waals surface area contributed by atoms with Gasteiger partial charge in [-0.1, -0.05) is 6.92 Å². The third-order valence-electron chi connectivity index (χ3n) is 3.56. The summed E-state index contributed by atoms with van der Waals surface area (Å²) in [5.41, 5.74) is 2.37. The summed E-state index contributed by atoms with van der Waals surface area (Å²) in [5.74, 6) is -0.138. The average molecular weight is 233 g/mol. The van der Waals surface area contributed by atoms with Crippen LogP contribution in [0.2, 0.25) is 0 Å². The SMILES string of the molecule is Cc1cc(N2CC(C)CC2C)ccc1C(=O)O. The number of aryl methyl sites for hydroxylation is 1. The minimum Gasteiger partial charge on any atom is -0.478 e. The van der Waals surface area contributed by atoms with E-state index < -0.39 is 5.97 Å². The molecule has 2 atom stereocenters. The number of rotatable bonds is 2. The van der Waals surface area contributed by atoms with Crippen LogP contribution in [0.15, 0.2) is 18.2 Å². The van der Waals surface area contributed by atoms with Gasteiger partial charge in [0.15, 0.2) is 0 Å². The second-order valence-corrected chi connectivity index (χ2v) is 5.15. The number of aromatic carboxylic acids is 1. The number of anilines is 1. The van der Waals surface area contributed by atoms with Crippen LogP contribution in [0.3, 0.4) is 0 Å². The lowest BCUT2D eigenvalue weighted by Gasteiger charge is -2.24. The van der Waals surface area contributed by atoms with Crippen LogP contribution in [0.4, 0.5) is 5.69 Å². The van der Waals surface area contributed by atoms with Crippen LogP contribution in [0.1, 0.15) is 36.2 Å². The van der Waals surface area contributed by atoms with Gasteiger partial charge in [-0.3, -0.25) is 0 Å². The number of carboxylic acids is 1. The van der Waals surface area contributed by atoms with Crippen molar-refractivity contribution in [2.24, 2.45) is 5.92 Å². The molecule has 1 fully saturated rings. The predicted molar refractivity (Wildman–Crippen MR) is 68.7 cm³/mol. The van der Waals surface area contributed by atoms with E-state index in [9.17, 15) is 4.79 Å². The summed E-state index contributed by atoms with van der Waals surface area (Å²) in [7, 11) is 0. The van der Waals surface area contributed by atoms with Crippen LogP contribution in [0.25, 0.3) is 0 Å². The van der Waals surface area contributed by atoms with Crippen LogP contribution >= 0.6 is 0 Å². The molecule has 1 aliphatic rings. The van der Waals surface area contributed by atoms with E-state index in [1.165, 1.54) is 6.42 Å². The first-order valence-corrected chi connectivity index (χ1v) is 6.09. The minimum absolute atomic E-state index is 0.397. The van der Waals surface area contributed by atoms with Crippen LogP contribution in [-0.2, 0) is 0 Å². The first kappa shape index (κ1) is 12.0. The van der Waals surface area contributed by atoms with Gasteiger partial charge in [-0.2, -0.15) is 0 Å². The lowest BCUT2D eigenvalue weighted by atomic mass is 10.1. The molecule has 1 aromatic rings. The molecular formula is C14H19NO2. The molecule has 0 spiro atoms. The standard InChI is InChI=1S/C14H19NO2/c1-9-6-11(3)15(8-9)12-4-5-13(14(16)17)10(2)7-12/h4-5,7,9,11H,6,8H2,1-3H3,(H,16,17). The van der Waals surface area contributed by atoms with Crippen LogP contribution in [-0.4, -0.2) is 23.7 Å². The van der Waals surface area contributed by atoms with Gasteiger partial charge in [-0.15, -0.1) is 0 Å². The normalized spacial score (nSPS) is 24.1. The second-order valence-electron chi connectivity index (χ2n) is 5.15. The monoisotopic (exact) mass is 233 g/mol. The van der Waals surface area contributed by atoms with Crippen molar-refractivity contribution in [3.05, 3.63) is 29.3 Å². The molecule has 1 aliphatic heterocycles. The maximum absolute atomic E-state index is 11.0. The third-order valence-corrected chi connectivity index (χ3v) is 3.56. The number of hydrogen-bond acceptors (Lipinski definition) is 2. The molecular weight excluding hydrogens is 214 g/mol. The number of nitrogens with zero attached hydrogens (tertiary/aromatic N) is 1. The average Bonchev–Trinajstić information content (AvgIpc) is 2.57. The molecule has 1 aromatic carbocycles. The fourth-order valence-corrected chi connectivity index (χ4v) is 2.73. The Morgan fingerprint density at radius 2 is 2.12 bits per heavy atom. The van der Waals surface area contributed by atoms with Crippen molar-refractivity contribution < 1.29 is 9.90 Å². The Morgan fingerprint density at radius 1 is 1.41 bits per heavy atom. The number of benzene rings is 1. The summed E-state index contributed by atoms with van der Waals surface area (Å²) in [6, 6.07) is 6.16. The summed E-state index contributed by atoms with van der Waals surface area (Å²) >= 11 is 0. The smallest absolute Gasteiger partial charge is 0.335 e. The van der Waals surface area contributed by atoms with Crippen molar-refractivity contribution in [2.75, 3.05) is 11.4 Å². The quantitative estimate of drug-likeness (QED) is 0.853. The largest absolute Gasteiger partial charge is 0.478 e. The van der Waals surface area contributed by atoms with Crippen molar-refractivity contribution in [2.45, 2.75) is 33.2 Å². The van der Waals surface area contributed by atoms with E-state index in [1.54, 1.807) is 6.07 Å². The van der Waals surface area contributed by atoms with Gasteiger partial charge in [0.25, 0.3) is 0 Å². The first-order chi connectivity index (χ1) is 7.99. The van der Waals surface area contributed by atoms with E-state index >= 15 is 0 Å². The highest BCUT2D eigenvalue weighted by atomic mass is 16.4.